The molecule has 5 rings (SSSR count). The molecule has 2 aromatic heterocycles. The summed E-state index contributed by atoms with van der Waals surface area (Å²) >= 11 is 6.65. The van der Waals surface area contributed by atoms with Gasteiger partial charge in [-0.2, -0.15) is 5.10 Å². The van der Waals surface area contributed by atoms with Crippen LogP contribution in [0.2, 0.25) is 5.02 Å². The van der Waals surface area contributed by atoms with Gasteiger partial charge in [0.25, 0.3) is 0 Å². The van der Waals surface area contributed by atoms with Crippen LogP contribution >= 0.6 is 11.6 Å². The summed E-state index contributed by atoms with van der Waals surface area (Å²) in [6.45, 7) is 11.6. The summed E-state index contributed by atoms with van der Waals surface area (Å²) in [6.07, 6.45) is 3.94. The van der Waals surface area contributed by atoms with Crippen molar-refractivity contribution >= 4 is 17.4 Å². The topological polar surface area (TPSA) is 49.7 Å². The molecule has 1 aromatic carbocycles. The molecule has 218 valence electrons. The third-order valence-corrected chi connectivity index (χ3v) is 7.74. The first kappa shape index (κ1) is 30.1. The lowest BCUT2D eigenvalue weighted by molar-refractivity contribution is -0.274. The number of benzene rings is 1. The summed E-state index contributed by atoms with van der Waals surface area (Å²) in [5.74, 6) is 0.636. The van der Waals surface area contributed by atoms with Crippen molar-refractivity contribution in [1.29, 1.82) is 0 Å². The van der Waals surface area contributed by atoms with Crippen molar-refractivity contribution in [2.45, 2.75) is 65.0 Å². The molecule has 0 saturated carbocycles. The van der Waals surface area contributed by atoms with Crippen molar-refractivity contribution < 1.29 is 17.9 Å². The number of alkyl halides is 3. The molecule has 0 amide bonds. The average Bonchev–Trinajstić information content (AvgIpc) is 3.50. The molecular weight excluding hydrogens is 541 g/mol. The first-order chi connectivity index (χ1) is 19.3. The summed E-state index contributed by atoms with van der Waals surface area (Å²) in [7, 11) is 0. The number of piperazine rings is 1. The number of hydrogen-bond acceptors (Lipinski definition) is 6. The second-order valence-electron chi connectivity index (χ2n) is 9.89. The van der Waals surface area contributed by atoms with Gasteiger partial charge in [-0.25, -0.2) is 9.67 Å². The smallest absolute Gasteiger partial charge is 0.406 e. The van der Waals surface area contributed by atoms with E-state index in [0.29, 0.717) is 17.1 Å². The molecule has 2 fully saturated rings. The maximum atomic E-state index is 12.4. The first-order valence-electron chi connectivity index (χ1n) is 14.0. The van der Waals surface area contributed by atoms with Crippen LogP contribution in [0, 0.1) is 0 Å². The Kier molecular flexibility index (Phi) is 10.3. The average molecular weight is 579 g/mol. The Bertz CT molecular complexity index is 1180. The highest BCUT2D eigenvalue weighted by Crippen LogP contribution is 2.30. The molecule has 11 heteroatoms. The van der Waals surface area contributed by atoms with Gasteiger partial charge in [0.05, 0.1) is 16.9 Å². The van der Waals surface area contributed by atoms with Crippen LogP contribution in [0.4, 0.5) is 19.0 Å². The van der Waals surface area contributed by atoms with Gasteiger partial charge in [-0.3, -0.25) is 9.80 Å². The number of piperidine rings is 1. The number of halogens is 4. The molecule has 0 radical (unpaired) electrons. The van der Waals surface area contributed by atoms with Crippen molar-refractivity contribution in [3.05, 3.63) is 65.6 Å². The van der Waals surface area contributed by atoms with E-state index in [1.54, 1.807) is 23.0 Å². The Labute approximate surface area is 239 Å². The van der Waals surface area contributed by atoms with Crippen LogP contribution < -0.4 is 9.64 Å². The standard InChI is InChI=1S/C27H32ClF3N6O.C2H6/c1-2-21-19-35(26-25(28)16-23(17-32-26)37-11-3-10-33-37)14-15-36(21)22-8-12-34(13-9-22)18-20-4-6-24(7-5-20)38-27(29,30)31;1-2/h3-7,10-11,16-17,21-22H,2,8-9,12-15,18-19H2,1H3;1-2H3. The highest BCUT2D eigenvalue weighted by molar-refractivity contribution is 6.33. The van der Waals surface area contributed by atoms with Crippen LogP contribution in [-0.2, 0) is 6.54 Å². The van der Waals surface area contributed by atoms with Gasteiger partial charge < -0.3 is 9.64 Å². The van der Waals surface area contributed by atoms with Crippen molar-refractivity contribution in [2.24, 2.45) is 0 Å². The fraction of sp³-hybridized carbons (Fsp3) is 0.517. The Morgan fingerprint density at radius 2 is 1.77 bits per heavy atom. The van der Waals surface area contributed by atoms with Gasteiger partial charge in [0.15, 0.2) is 0 Å². The number of nitrogens with zero attached hydrogens (tertiary/aromatic N) is 6. The van der Waals surface area contributed by atoms with Crippen LogP contribution in [0.15, 0.2) is 55.0 Å². The zero-order chi connectivity index (χ0) is 28.7. The molecule has 0 bridgehead atoms. The molecule has 1 unspecified atom stereocenters. The predicted octanol–water partition coefficient (Wildman–Crippen LogP) is 6.41. The van der Waals surface area contributed by atoms with Crippen LogP contribution in [0.25, 0.3) is 5.69 Å². The molecule has 4 heterocycles. The largest absolute Gasteiger partial charge is 0.573 e. The lowest BCUT2D eigenvalue weighted by atomic mass is 9.98. The Morgan fingerprint density at radius 1 is 1.05 bits per heavy atom. The van der Waals surface area contributed by atoms with E-state index in [0.717, 1.165) is 75.6 Å². The zero-order valence-corrected chi connectivity index (χ0v) is 24.1. The highest BCUT2D eigenvalue weighted by atomic mass is 35.5. The Morgan fingerprint density at radius 3 is 2.38 bits per heavy atom. The molecule has 0 N–H and O–H groups in total. The summed E-state index contributed by atoms with van der Waals surface area (Å²) in [5, 5.41) is 4.88. The van der Waals surface area contributed by atoms with Crippen LogP contribution in [0.1, 0.15) is 45.6 Å². The second-order valence-corrected chi connectivity index (χ2v) is 10.3. The second kappa shape index (κ2) is 13.7. The van der Waals surface area contributed by atoms with Crippen LogP contribution in [0.3, 0.4) is 0 Å². The van der Waals surface area contributed by atoms with Crippen molar-refractivity contribution in [3.8, 4) is 11.4 Å². The quantitative estimate of drug-likeness (QED) is 0.323. The van der Waals surface area contributed by atoms with Gasteiger partial charge in [-0.05, 0) is 62.2 Å². The number of pyridine rings is 1. The minimum Gasteiger partial charge on any atom is -0.406 e. The van der Waals surface area contributed by atoms with E-state index in [1.165, 1.54) is 12.1 Å². The molecule has 3 aromatic rings. The fourth-order valence-corrected chi connectivity index (χ4v) is 5.85. The maximum absolute atomic E-state index is 12.4. The van der Waals surface area contributed by atoms with Crippen molar-refractivity contribution in [2.75, 3.05) is 37.6 Å². The molecule has 7 nitrogen and oxygen atoms in total. The van der Waals surface area contributed by atoms with Crippen LogP contribution in [-0.4, -0.2) is 75.7 Å². The van der Waals surface area contributed by atoms with Gasteiger partial charge in [0.2, 0.25) is 0 Å². The minimum atomic E-state index is -4.67. The summed E-state index contributed by atoms with van der Waals surface area (Å²) in [4.78, 5) is 12.0. The molecule has 2 saturated heterocycles. The predicted molar refractivity (Wildman–Crippen MR) is 152 cm³/mol. The molecule has 2 aliphatic heterocycles. The van der Waals surface area contributed by atoms with E-state index in [2.05, 4.69) is 36.4 Å². The van der Waals surface area contributed by atoms with Gasteiger partial charge in [0.1, 0.15) is 11.6 Å². The molecule has 40 heavy (non-hydrogen) atoms. The number of ether oxygens (including phenoxy) is 1. The minimum absolute atomic E-state index is 0.185. The lowest BCUT2D eigenvalue weighted by Crippen LogP contribution is -2.58. The number of anilines is 1. The Hall–Kier alpha value is -2.82. The van der Waals surface area contributed by atoms with Crippen LogP contribution in [0.5, 0.6) is 5.75 Å². The molecule has 1 atom stereocenters. The van der Waals surface area contributed by atoms with E-state index in [4.69, 9.17) is 11.6 Å². The number of aromatic nitrogens is 3. The molecule has 0 spiro atoms. The van der Waals surface area contributed by atoms with E-state index >= 15 is 0 Å². The highest BCUT2D eigenvalue weighted by Gasteiger charge is 2.34. The summed E-state index contributed by atoms with van der Waals surface area (Å²) < 4.78 is 42.9. The van der Waals surface area contributed by atoms with E-state index in [9.17, 15) is 13.2 Å². The number of hydrogen-bond donors (Lipinski definition) is 0. The fourth-order valence-electron chi connectivity index (χ4n) is 5.57. The molecular formula is C29H38ClF3N6O. The number of rotatable bonds is 7. The molecule has 0 aliphatic carbocycles. The SMILES string of the molecule is CC.CCC1CN(c2ncc(-n3cccn3)cc2Cl)CCN1C1CCN(Cc2ccc(OC(F)(F)F)cc2)CC1. The third-order valence-electron chi connectivity index (χ3n) is 7.46. The van der Waals surface area contributed by atoms with Gasteiger partial charge in [-0.15, -0.1) is 13.2 Å². The molecule has 2 aliphatic rings. The monoisotopic (exact) mass is 578 g/mol. The lowest BCUT2D eigenvalue weighted by Gasteiger charge is -2.47. The van der Waals surface area contributed by atoms with E-state index < -0.39 is 6.36 Å². The van der Waals surface area contributed by atoms with E-state index in [-0.39, 0.29) is 5.75 Å². The Balaban J connectivity index is 0.00000181. The van der Waals surface area contributed by atoms with E-state index in [1.807, 2.05) is 38.4 Å². The normalized spacial score (nSPS) is 19.3. The van der Waals surface area contributed by atoms with Gasteiger partial charge in [0, 0.05) is 50.7 Å². The zero-order valence-electron chi connectivity index (χ0n) is 23.3. The third kappa shape index (κ3) is 7.67. The summed E-state index contributed by atoms with van der Waals surface area (Å²) in [6, 6.07) is 10.9. The summed E-state index contributed by atoms with van der Waals surface area (Å²) in [5.41, 5.74) is 1.83. The number of likely N-dealkylation sites (tertiary alicyclic amines) is 1. The van der Waals surface area contributed by atoms with Crippen molar-refractivity contribution in [3.63, 3.8) is 0 Å². The maximum Gasteiger partial charge on any atom is 0.573 e. The van der Waals surface area contributed by atoms with Gasteiger partial charge in [-0.1, -0.05) is 44.5 Å². The van der Waals surface area contributed by atoms with Gasteiger partial charge >= 0.3 is 6.36 Å². The first-order valence-corrected chi connectivity index (χ1v) is 14.4. The van der Waals surface area contributed by atoms with Crippen molar-refractivity contribution in [1.82, 2.24) is 24.6 Å².